The van der Waals surface area contributed by atoms with Gasteiger partial charge in [0.2, 0.25) is 0 Å². The molecule has 90 valence electrons. The minimum absolute atomic E-state index is 0.0250. The second-order valence-corrected chi connectivity index (χ2v) is 3.76. The summed E-state index contributed by atoms with van der Waals surface area (Å²) in [5.41, 5.74) is 0.233. The number of esters is 1. The van der Waals surface area contributed by atoms with Crippen molar-refractivity contribution < 1.29 is 13.9 Å². The Bertz CT molecular complexity index is 456. The molecule has 0 aromatic heterocycles. The van der Waals surface area contributed by atoms with Crippen LogP contribution in [0.4, 0.5) is 4.39 Å². The summed E-state index contributed by atoms with van der Waals surface area (Å²) in [5, 5.41) is 8.81. The van der Waals surface area contributed by atoms with Crippen LogP contribution in [0.15, 0.2) is 18.2 Å². The van der Waals surface area contributed by atoms with Crippen LogP contribution in [-0.2, 0) is 16.0 Å². The molecule has 0 fully saturated rings. The molecule has 1 aromatic rings. The van der Waals surface area contributed by atoms with E-state index in [1.807, 2.05) is 0 Å². The van der Waals surface area contributed by atoms with Crippen LogP contribution < -0.4 is 0 Å². The van der Waals surface area contributed by atoms with E-state index < -0.39 is 17.7 Å². The van der Waals surface area contributed by atoms with Crippen molar-refractivity contribution in [1.82, 2.24) is 0 Å². The number of halogens is 2. The number of hydrogen-bond acceptors (Lipinski definition) is 3. The number of benzene rings is 1. The van der Waals surface area contributed by atoms with Crippen LogP contribution in [0.25, 0.3) is 0 Å². The molecule has 0 saturated heterocycles. The second kappa shape index (κ2) is 6.21. The predicted molar refractivity (Wildman–Crippen MR) is 60.9 cm³/mol. The molecule has 0 N–H and O–H groups in total. The number of ether oxygens (including phenoxy) is 1. The minimum atomic E-state index is -1.01. The molecule has 3 nitrogen and oxygen atoms in total. The lowest BCUT2D eigenvalue weighted by Crippen LogP contribution is -2.19. The Kier molecular flexibility index (Phi) is 4.92. The summed E-state index contributed by atoms with van der Waals surface area (Å²) >= 11 is 5.61. The maximum Gasteiger partial charge on any atom is 0.323 e. The molecular weight excluding hydrogens is 245 g/mol. The SMILES string of the molecule is CCOC(=O)C(C#N)Cc1cccc(Cl)c1F. The predicted octanol–water partition coefficient (Wildman–Crippen LogP) is 2.72. The average molecular weight is 256 g/mol. The first-order valence-electron chi connectivity index (χ1n) is 5.09. The maximum atomic E-state index is 13.6. The Balaban J connectivity index is 2.85. The van der Waals surface area contributed by atoms with Crippen molar-refractivity contribution in [2.24, 2.45) is 5.92 Å². The molecule has 0 amide bonds. The lowest BCUT2D eigenvalue weighted by atomic mass is 10.0. The summed E-state index contributed by atoms with van der Waals surface area (Å²) in [6.07, 6.45) is -0.0400. The van der Waals surface area contributed by atoms with E-state index in [1.165, 1.54) is 12.1 Å². The van der Waals surface area contributed by atoms with Crippen molar-refractivity contribution in [1.29, 1.82) is 5.26 Å². The number of carbonyl (C=O) groups is 1. The van der Waals surface area contributed by atoms with Gasteiger partial charge in [0, 0.05) is 6.42 Å². The Morgan fingerprint density at radius 2 is 2.35 bits per heavy atom. The first-order chi connectivity index (χ1) is 8.10. The third kappa shape index (κ3) is 3.43. The fraction of sp³-hybridized carbons (Fsp3) is 0.333. The molecule has 0 heterocycles. The van der Waals surface area contributed by atoms with Crippen molar-refractivity contribution in [2.75, 3.05) is 6.61 Å². The number of nitriles is 1. The van der Waals surface area contributed by atoms with Gasteiger partial charge in [0.15, 0.2) is 0 Å². The van der Waals surface area contributed by atoms with Gasteiger partial charge in [-0.3, -0.25) is 4.79 Å². The summed E-state index contributed by atoms with van der Waals surface area (Å²) in [6, 6.07) is 6.27. The topological polar surface area (TPSA) is 50.1 Å². The molecule has 1 rings (SSSR count). The number of rotatable bonds is 4. The van der Waals surface area contributed by atoms with Crippen LogP contribution in [-0.4, -0.2) is 12.6 Å². The monoisotopic (exact) mass is 255 g/mol. The van der Waals surface area contributed by atoms with Gasteiger partial charge in [-0.25, -0.2) is 4.39 Å². The summed E-state index contributed by atoms with van der Waals surface area (Å²) in [7, 11) is 0. The Hall–Kier alpha value is -1.60. The zero-order valence-electron chi connectivity index (χ0n) is 9.24. The van der Waals surface area contributed by atoms with Gasteiger partial charge in [-0.15, -0.1) is 0 Å². The van der Waals surface area contributed by atoms with Gasteiger partial charge in [-0.2, -0.15) is 5.26 Å². The first-order valence-corrected chi connectivity index (χ1v) is 5.47. The Morgan fingerprint density at radius 3 is 2.94 bits per heavy atom. The van der Waals surface area contributed by atoms with Crippen molar-refractivity contribution in [3.63, 3.8) is 0 Å². The molecule has 5 heteroatoms. The van der Waals surface area contributed by atoms with Gasteiger partial charge < -0.3 is 4.74 Å². The highest BCUT2D eigenvalue weighted by Crippen LogP contribution is 2.20. The molecule has 1 atom stereocenters. The molecule has 0 saturated carbocycles. The van der Waals surface area contributed by atoms with Crippen LogP contribution in [0, 0.1) is 23.1 Å². The molecule has 1 unspecified atom stereocenters. The van der Waals surface area contributed by atoms with Crippen LogP contribution in [0.5, 0.6) is 0 Å². The molecule has 0 aliphatic heterocycles. The average Bonchev–Trinajstić information content (AvgIpc) is 2.31. The van der Waals surface area contributed by atoms with E-state index in [9.17, 15) is 9.18 Å². The highest BCUT2D eigenvalue weighted by molar-refractivity contribution is 6.30. The smallest absolute Gasteiger partial charge is 0.323 e. The number of hydrogen-bond donors (Lipinski definition) is 0. The van der Waals surface area contributed by atoms with E-state index in [4.69, 9.17) is 21.6 Å². The fourth-order valence-corrected chi connectivity index (χ4v) is 1.54. The summed E-state index contributed by atoms with van der Waals surface area (Å²) in [6.45, 7) is 1.83. The highest BCUT2D eigenvalue weighted by Gasteiger charge is 2.21. The number of carbonyl (C=O) groups excluding carboxylic acids is 1. The lowest BCUT2D eigenvalue weighted by molar-refractivity contribution is -0.145. The molecule has 0 radical (unpaired) electrons. The van der Waals surface area contributed by atoms with E-state index in [0.717, 1.165) is 0 Å². The molecule has 0 spiro atoms. The third-order valence-electron chi connectivity index (χ3n) is 2.18. The third-order valence-corrected chi connectivity index (χ3v) is 2.47. The van der Waals surface area contributed by atoms with E-state index >= 15 is 0 Å². The van der Waals surface area contributed by atoms with Gasteiger partial charge in [-0.1, -0.05) is 23.7 Å². The summed E-state index contributed by atoms with van der Waals surface area (Å²) < 4.78 is 18.3. The van der Waals surface area contributed by atoms with Crippen LogP contribution >= 0.6 is 11.6 Å². The fourth-order valence-electron chi connectivity index (χ4n) is 1.35. The van der Waals surface area contributed by atoms with Gasteiger partial charge in [0.05, 0.1) is 17.7 Å². The molecule has 0 aliphatic rings. The zero-order chi connectivity index (χ0) is 12.8. The van der Waals surface area contributed by atoms with Crippen molar-refractivity contribution in [2.45, 2.75) is 13.3 Å². The van der Waals surface area contributed by atoms with Gasteiger partial charge >= 0.3 is 5.97 Å². The largest absolute Gasteiger partial charge is 0.465 e. The van der Waals surface area contributed by atoms with Gasteiger partial charge in [0.25, 0.3) is 0 Å². The Morgan fingerprint density at radius 1 is 1.65 bits per heavy atom. The summed E-state index contributed by atoms with van der Waals surface area (Å²) in [4.78, 5) is 11.4. The van der Waals surface area contributed by atoms with Gasteiger partial charge in [-0.05, 0) is 18.6 Å². The summed E-state index contributed by atoms with van der Waals surface area (Å²) in [5.74, 6) is -2.25. The van der Waals surface area contributed by atoms with Crippen molar-refractivity contribution in [3.8, 4) is 6.07 Å². The second-order valence-electron chi connectivity index (χ2n) is 3.35. The van der Waals surface area contributed by atoms with Crippen LogP contribution in [0.3, 0.4) is 0 Å². The number of nitrogens with zero attached hydrogens (tertiary/aromatic N) is 1. The van der Waals surface area contributed by atoms with E-state index in [2.05, 4.69) is 0 Å². The first kappa shape index (κ1) is 13.5. The van der Waals surface area contributed by atoms with Crippen LogP contribution in [0.2, 0.25) is 5.02 Å². The lowest BCUT2D eigenvalue weighted by Gasteiger charge is -2.09. The van der Waals surface area contributed by atoms with Crippen molar-refractivity contribution in [3.05, 3.63) is 34.6 Å². The minimum Gasteiger partial charge on any atom is -0.465 e. The molecule has 1 aromatic carbocycles. The zero-order valence-corrected chi connectivity index (χ0v) is 10.00. The highest BCUT2D eigenvalue weighted by atomic mass is 35.5. The van der Waals surface area contributed by atoms with E-state index in [-0.39, 0.29) is 23.6 Å². The standard InChI is InChI=1S/C12H11ClFNO2/c1-2-17-12(16)9(7-15)6-8-4-3-5-10(13)11(8)14/h3-5,9H,2,6H2,1H3. The van der Waals surface area contributed by atoms with Crippen LogP contribution in [0.1, 0.15) is 12.5 Å². The molecular formula is C12H11ClFNO2. The molecule has 0 aliphatic carbocycles. The van der Waals surface area contributed by atoms with E-state index in [0.29, 0.717) is 0 Å². The molecule has 17 heavy (non-hydrogen) atoms. The quantitative estimate of drug-likeness (QED) is 0.778. The normalized spacial score (nSPS) is 11.6. The van der Waals surface area contributed by atoms with Crippen molar-refractivity contribution >= 4 is 17.6 Å². The van der Waals surface area contributed by atoms with Gasteiger partial charge in [0.1, 0.15) is 11.7 Å². The maximum absolute atomic E-state index is 13.6. The van der Waals surface area contributed by atoms with E-state index in [1.54, 1.807) is 19.1 Å². The molecule has 0 bridgehead atoms. The Labute approximate surface area is 104 Å².